The van der Waals surface area contributed by atoms with Crippen molar-refractivity contribution >= 4 is 29.2 Å². The number of amides is 1. The van der Waals surface area contributed by atoms with Crippen molar-refractivity contribution in [2.24, 2.45) is 0 Å². The molecule has 6 heteroatoms. The van der Waals surface area contributed by atoms with Crippen molar-refractivity contribution < 1.29 is 4.79 Å². The minimum atomic E-state index is 0.0782. The highest BCUT2D eigenvalue weighted by Gasteiger charge is 2.17. The van der Waals surface area contributed by atoms with Gasteiger partial charge in [0.15, 0.2) is 5.82 Å². The van der Waals surface area contributed by atoms with E-state index in [2.05, 4.69) is 20.4 Å². The van der Waals surface area contributed by atoms with Gasteiger partial charge in [-0.25, -0.2) is 0 Å². The fourth-order valence-corrected chi connectivity index (χ4v) is 4.89. The van der Waals surface area contributed by atoms with E-state index in [1.54, 1.807) is 11.8 Å². The van der Waals surface area contributed by atoms with E-state index in [4.69, 9.17) is 0 Å². The molecule has 1 aromatic heterocycles. The summed E-state index contributed by atoms with van der Waals surface area (Å²) in [6.07, 6.45) is 7.59. The standard InChI is InChI=1S/C21H26N4OS/c26-21(15-27-18-5-1-2-6-18)22-17-9-7-16(8-10-17)19-11-12-20(24-23-19)25-13-3-4-14-25/h7-12,18H,1-6,13-15H2,(H,22,26). The fourth-order valence-electron chi connectivity index (χ4n) is 3.76. The van der Waals surface area contributed by atoms with Crippen molar-refractivity contribution in [3.8, 4) is 11.3 Å². The number of rotatable bonds is 6. The Hall–Kier alpha value is -2.08. The van der Waals surface area contributed by atoms with Crippen molar-refractivity contribution in [3.63, 3.8) is 0 Å². The first-order valence-corrected chi connectivity index (χ1v) is 10.9. The maximum absolute atomic E-state index is 12.1. The van der Waals surface area contributed by atoms with Crippen LogP contribution in [0.1, 0.15) is 38.5 Å². The molecule has 0 radical (unpaired) electrons. The monoisotopic (exact) mass is 382 g/mol. The van der Waals surface area contributed by atoms with Crippen LogP contribution in [0.4, 0.5) is 11.5 Å². The largest absolute Gasteiger partial charge is 0.355 e. The normalized spacial score (nSPS) is 17.4. The zero-order valence-electron chi connectivity index (χ0n) is 15.6. The van der Waals surface area contributed by atoms with Gasteiger partial charge in [-0.05, 0) is 49.9 Å². The third-order valence-corrected chi connectivity index (χ3v) is 6.67. The van der Waals surface area contributed by atoms with Crippen molar-refractivity contribution in [3.05, 3.63) is 36.4 Å². The third kappa shape index (κ3) is 4.80. The summed E-state index contributed by atoms with van der Waals surface area (Å²) < 4.78 is 0. The van der Waals surface area contributed by atoms with Crippen LogP contribution in [0, 0.1) is 0 Å². The zero-order chi connectivity index (χ0) is 18.5. The molecule has 2 heterocycles. The van der Waals surface area contributed by atoms with Gasteiger partial charge in [-0.1, -0.05) is 25.0 Å². The van der Waals surface area contributed by atoms with E-state index in [0.29, 0.717) is 11.0 Å². The number of anilines is 2. The predicted molar refractivity (Wildman–Crippen MR) is 112 cm³/mol. The van der Waals surface area contributed by atoms with E-state index in [-0.39, 0.29) is 5.91 Å². The molecule has 1 saturated carbocycles. The summed E-state index contributed by atoms with van der Waals surface area (Å²) in [7, 11) is 0. The molecule has 1 aliphatic carbocycles. The molecule has 1 aromatic carbocycles. The first-order valence-electron chi connectivity index (χ1n) is 9.88. The van der Waals surface area contributed by atoms with Crippen molar-refractivity contribution in [2.75, 3.05) is 29.1 Å². The molecule has 4 rings (SSSR count). The lowest BCUT2D eigenvalue weighted by atomic mass is 10.1. The summed E-state index contributed by atoms with van der Waals surface area (Å²) in [4.78, 5) is 14.4. The van der Waals surface area contributed by atoms with Crippen LogP contribution in [0.5, 0.6) is 0 Å². The minimum absolute atomic E-state index is 0.0782. The highest BCUT2D eigenvalue weighted by Crippen LogP contribution is 2.29. The second-order valence-electron chi connectivity index (χ2n) is 7.31. The second-order valence-corrected chi connectivity index (χ2v) is 8.60. The van der Waals surface area contributed by atoms with Crippen LogP contribution >= 0.6 is 11.8 Å². The van der Waals surface area contributed by atoms with Gasteiger partial charge in [0, 0.05) is 29.6 Å². The van der Waals surface area contributed by atoms with Crippen LogP contribution in [0.2, 0.25) is 0 Å². The Labute approximate surface area is 164 Å². The van der Waals surface area contributed by atoms with E-state index in [1.807, 2.05) is 36.4 Å². The minimum Gasteiger partial charge on any atom is -0.355 e. The van der Waals surface area contributed by atoms with Gasteiger partial charge in [-0.2, -0.15) is 0 Å². The lowest BCUT2D eigenvalue weighted by Crippen LogP contribution is -2.19. The van der Waals surface area contributed by atoms with Gasteiger partial charge < -0.3 is 10.2 Å². The Morgan fingerprint density at radius 2 is 1.74 bits per heavy atom. The number of aromatic nitrogens is 2. The molecule has 2 aliphatic rings. The maximum Gasteiger partial charge on any atom is 0.234 e. The number of thioether (sulfide) groups is 1. The topological polar surface area (TPSA) is 58.1 Å². The molecule has 1 amide bonds. The van der Waals surface area contributed by atoms with Gasteiger partial charge in [0.2, 0.25) is 5.91 Å². The maximum atomic E-state index is 12.1. The summed E-state index contributed by atoms with van der Waals surface area (Å²) in [5.74, 6) is 1.57. The molecule has 0 spiro atoms. The summed E-state index contributed by atoms with van der Waals surface area (Å²) in [6, 6.07) is 11.9. The smallest absolute Gasteiger partial charge is 0.234 e. The fraction of sp³-hybridized carbons (Fsp3) is 0.476. The number of carbonyl (C=O) groups excluding carboxylic acids is 1. The van der Waals surface area contributed by atoms with Crippen LogP contribution in [0.3, 0.4) is 0 Å². The Morgan fingerprint density at radius 3 is 2.41 bits per heavy atom. The second kappa shape index (κ2) is 8.74. The van der Waals surface area contributed by atoms with Gasteiger partial charge in [0.05, 0.1) is 11.4 Å². The summed E-state index contributed by atoms with van der Waals surface area (Å²) in [5.41, 5.74) is 2.69. The molecule has 1 N–H and O–H groups in total. The molecular weight excluding hydrogens is 356 g/mol. The highest BCUT2D eigenvalue weighted by atomic mass is 32.2. The van der Waals surface area contributed by atoms with Crippen molar-refractivity contribution in [1.82, 2.24) is 10.2 Å². The first-order chi connectivity index (χ1) is 13.3. The van der Waals surface area contributed by atoms with Gasteiger partial charge in [0.1, 0.15) is 0 Å². The number of carbonyl (C=O) groups is 1. The Kier molecular flexibility index (Phi) is 5.92. The van der Waals surface area contributed by atoms with Crippen LogP contribution in [-0.2, 0) is 4.79 Å². The summed E-state index contributed by atoms with van der Waals surface area (Å²) in [5, 5.41) is 12.4. The first kappa shape index (κ1) is 18.3. The van der Waals surface area contributed by atoms with E-state index in [9.17, 15) is 4.79 Å². The van der Waals surface area contributed by atoms with E-state index >= 15 is 0 Å². The average molecular weight is 383 g/mol. The van der Waals surface area contributed by atoms with Gasteiger partial charge in [-0.15, -0.1) is 22.0 Å². The number of nitrogens with one attached hydrogen (secondary N) is 1. The van der Waals surface area contributed by atoms with Gasteiger partial charge in [0.25, 0.3) is 0 Å². The molecule has 0 atom stereocenters. The van der Waals surface area contributed by atoms with Crippen LogP contribution in [0.25, 0.3) is 11.3 Å². The lowest BCUT2D eigenvalue weighted by molar-refractivity contribution is -0.113. The number of nitrogens with zero attached hydrogens (tertiary/aromatic N) is 3. The summed E-state index contributed by atoms with van der Waals surface area (Å²) in [6.45, 7) is 2.14. The molecule has 0 unspecified atom stereocenters. The Balaban J connectivity index is 1.32. The quantitative estimate of drug-likeness (QED) is 0.804. The van der Waals surface area contributed by atoms with E-state index in [1.165, 1.54) is 38.5 Å². The molecule has 0 bridgehead atoms. The zero-order valence-corrected chi connectivity index (χ0v) is 16.4. The predicted octanol–water partition coefficient (Wildman–Crippen LogP) is 4.36. The van der Waals surface area contributed by atoms with Crippen LogP contribution < -0.4 is 10.2 Å². The van der Waals surface area contributed by atoms with E-state index in [0.717, 1.165) is 35.9 Å². The number of hydrogen-bond donors (Lipinski definition) is 1. The third-order valence-electron chi connectivity index (χ3n) is 5.30. The van der Waals surface area contributed by atoms with Crippen molar-refractivity contribution in [1.29, 1.82) is 0 Å². The molecular formula is C21H26N4OS. The van der Waals surface area contributed by atoms with Crippen molar-refractivity contribution in [2.45, 2.75) is 43.8 Å². The SMILES string of the molecule is O=C(CSC1CCCC1)Nc1ccc(-c2ccc(N3CCCC3)nn2)cc1. The average Bonchev–Trinajstić information content (AvgIpc) is 3.41. The van der Waals surface area contributed by atoms with Crippen LogP contribution in [0.15, 0.2) is 36.4 Å². The highest BCUT2D eigenvalue weighted by molar-refractivity contribution is 8.00. The molecule has 27 heavy (non-hydrogen) atoms. The molecule has 142 valence electrons. The molecule has 1 aliphatic heterocycles. The molecule has 5 nitrogen and oxygen atoms in total. The number of hydrogen-bond acceptors (Lipinski definition) is 5. The molecule has 2 fully saturated rings. The molecule has 1 saturated heterocycles. The molecule has 2 aromatic rings. The van der Waals surface area contributed by atoms with E-state index < -0.39 is 0 Å². The Morgan fingerprint density at radius 1 is 1.00 bits per heavy atom. The van der Waals surface area contributed by atoms with Gasteiger partial charge >= 0.3 is 0 Å². The summed E-state index contributed by atoms with van der Waals surface area (Å²) >= 11 is 1.79. The van der Waals surface area contributed by atoms with Crippen LogP contribution in [-0.4, -0.2) is 40.2 Å². The Bertz CT molecular complexity index is 751. The lowest BCUT2D eigenvalue weighted by Gasteiger charge is -2.15. The number of benzene rings is 1. The van der Waals surface area contributed by atoms with Gasteiger partial charge in [-0.3, -0.25) is 4.79 Å².